The first-order valence-electron chi connectivity index (χ1n) is 5.81. The third-order valence-electron chi connectivity index (χ3n) is 2.22. The van der Waals surface area contributed by atoms with Gasteiger partial charge >= 0.3 is 11.9 Å². The zero-order valence-corrected chi connectivity index (χ0v) is 10.4. The predicted molar refractivity (Wildman–Crippen MR) is 62.8 cm³/mol. The lowest BCUT2D eigenvalue weighted by Crippen LogP contribution is -2.29. The lowest BCUT2D eigenvalue weighted by atomic mass is 10.1. The number of esters is 1. The quantitative estimate of drug-likeness (QED) is 0.735. The summed E-state index contributed by atoms with van der Waals surface area (Å²) in [4.78, 5) is 11.3. The highest BCUT2D eigenvalue weighted by Gasteiger charge is 2.44. The topological polar surface area (TPSA) is 35.5 Å². The Bertz CT molecular complexity index is 405. The molecule has 18 heavy (non-hydrogen) atoms. The summed E-state index contributed by atoms with van der Waals surface area (Å²) >= 11 is 0. The molecule has 100 valence electrons. The van der Waals surface area contributed by atoms with E-state index in [4.69, 9.17) is 4.74 Å². The van der Waals surface area contributed by atoms with Crippen molar-refractivity contribution in [3.63, 3.8) is 0 Å². The van der Waals surface area contributed by atoms with Crippen molar-refractivity contribution in [2.45, 2.75) is 26.2 Å². The molecule has 0 aliphatic heterocycles. The Hall–Kier alpha value is -1.65. The monoisotopic (exact) mass is 258 g/mol. The van der Waals surface area contributed by atoms with E-state index in [0.717, 1.165) is 0 Å². The fraction of sp³-hybridized carbons (Fsp3) is 0.462. The van der Waals surface area contributed by atoms with Crippen LogP contribution in [0.2, 0.25) is 0 Å². The molecule has 0 fully saturated rings. The number of carbonyl (C=O) groups excluding carboxylic acids is 1. The SMILES string of the molecule is CCCOc1ccccc1C(F)(F)C(=O)OCC. The molecule has 0 saturated carbocycles. The van der Waals surface area contributed by atoms with Gasteiger partial charge in [-0.25, -0.2) is 4.79 Å². The summed E-state index contributed by atoms with van der Waals surface area (Å²) in [6.07, 6.45) is 0.694. The van der Waals surface area contributed by atoms with E-state index < -0.39 is 17.5 Å². The van der Waals surface area contributed by atoms with Crippen LogP contribution in [0.25, 0.3) is 0 Å². The average molecular weight is 258 g/mol. The highest BCUT2D eigenvalue weighted by Crippen LogP contribution is 2.36. The summed E-state index contributed by atoms with van der Waals surface area (Å²) in [5.74, 6) is -5.24. The largest absolute Gasteiger partial charge is 0.493 e. The van der Waals surface area contributed by atoms with Crippen molar-refractivity contribution in [2.75, 3.05) is 13.2 Å². The minimum Gasteiger partial charge on any atom is -0.493 e. The molecule has 0 aromatic heterocycles. The number of hydrogen-bond acceptors (Lipinski definition) is 3. The van der Waals surface area contributed by atoms with Gasteiger partial charge in [-0.15, -0.1) is 0 Å². The molecule has 0 saturated heterocycles. The van der Waals surface area contributed by atoms with Crippen molar-refractivity contribution in [3.05, 3.63) is 29.8 Å². The van der Waals surface area contributed by atoms with Gasteiger partial charge in [-0.05, 0) is 25.5 Å². The summed E-state index contributed by atoms with van der Waals surface area (Å²) in [5, 5.41) is 0. The highest BCUT2D eigenvalue weighted by atomic mass is 19.3. The number of rotatable bonds is 6. The van der Waals surface area contributed by atoms with E-state index in [1.54, 1.807) is 6.07 Å². The molecule has 0 bridgehead atoms. The molecular formula is C13H16F2O3. The van der Waals surface area contributed by atoms with Gasteiger partial charge in [0.25, 0.3) is 0 Å². The van der Waals surface area contributed by atoms with Gasteiger partial charge in [0.05, 0.1) is 18.8 Å². The molecule has 0 spiro atoms. The fourth-order valence-corrected chi connectivity index (χ4v) is 1.40. The summed E-state index contributed by atoms with van der Waals surface area (Å²) in [6, 6.07) is 5.59. The summed E-state index contributed by atoms with van der Waals surface area (Å²) < 4.78 is 37.3. The third-order valence-corrected chi connectivity index (χ3v) is 2.22. The molecule has 1 aromatic carbocycles. The van der Waals surface area contributed by atoms with Crippen LogP contribution in [0.15, 0.2) is 24.3 Å². The van der Waals surface area contributed by atoms with E-state index in [1.165, 1.54) is 25.1 Å². The van der Waals surface area contributed by atoms with Crippen LogP contribution in [0, 0.1) is 0 Å². The molecule has 3 nitrogen and oxygen atoms in total. The molecule has 5 heteroatoms. The standard InChI is InChI=1S/C13H16F2O3/c1-3-9-18-11-8-6-5-7-10(11)13(14,15)12(16)17-4-2/h5-8H,3-4,9H2,1-2H3. The maximum atomic E-state index is 13.9. The lowest BCUT2D eigenvalue weighted by Gasteiger charge is -2.18. The van der Waals surface area contributed by atoms with E-state index >= 15 is 0 Å². The van der Waals surface area contributed by atoms with Crippen LogP contribution in [-0.4, -0.2) is 19.2 Å². The number of carbonyl (C=O) groups is 1. The maximum absolute atomic E-state index is 13.9. The Morgan fingerprint density at radius 2 is 1.94 bits per heavy atom. The summed E-state index contributed by atoms with van der Waals surface area (Å²) in [5.41, 5.74) is -0.461. The first-order chi connectivity index (χ1) is 8.54. The minimum atomic E-state index is -3.69. The fourth-order valence-electron chi connectivity index (χ4n) is 1.40. The Morgan fingerprint density at radius 3 is 2.56 bits per heavy atom. The van der Waals surface area contributed by atoms with Crippen molar-refractivity contribution in [1.29, 1.82) is 0 Å². The molecule has 0 aliphatic rings. The normalized spacial score (nSPS) is 11.1. The Balaban J connectivity index is 3.03. The van der Waals surface area contributed by atoms with E-state index in [1.807, 2.05) is 6.92 Å². The summed E-state index contributed by atoms with van der Waals surface area (Å²) in [7, 11) is 0. The van der Waals surface area contributed by atoms with Gasteiger partial charge in [-0.2, -0.15) is 8.78 Å². The van der Waals surface area contributed by atoms with E-state index in [0.29, 0.717) is 13.0 Å². The van der Waals surface area contributed by atoms with E-state index in [9.17, 15) is 13.6 Å². The van der Waals surface area contributed by atoms with Gasteiger partial charge < -0.3 is 9.47 Å². The Morgan fingerprint density at radius 1 is 1.28 bits per heavy atom. The van der Waals surface area contributed by atoms with Crippen LogP contribution in [-0.2, 0) is 15.5 Å². The van der Waals surface area contributed by atoms with Crippen molar-refractivity contribution >= 4 is 5.97 Å². The van der Waals surface area contributed by atoms with Gasteiger partial charge in [-0.1, -0.05) is 19.1 Å². The number of hydrogen-bond donors (Lipinski definition) is 0. The number of alkyl halides is 2. The molecule has 0 unspecified atom stereocenters. The van der Waals surface area contributed by atoms with Crippen LogP contribution in [0.5, 0.6) is 5.75 Å². The van der Waals surface area contributed by atoms with Crippen LogP contribution in [0.4, 0.5) is 8.78 Å². The molecule has 0 heterocycles. The van der Waals surface area contributed by atoms with Crippen LogP contribution >= 0.6 is 0 Å². The van der Waals surface area contributed by atoms with Gasteiger partial charge in [-0.3, -0.25) is 0 Å². The summed E-state index contributed by atoms with van der Waals surface area (Å²) in [6.45, 7) is 3.57. The van der Waals surface area contributed by atoms with E-state index in [2.05, 4.69) is 4.74 Å². The smallest absolute Gasteiger partial charge is 0.382 e. The highest BCUT2D eigenvalue weighted by molar-refractivity contribution is 5.80. The second-order valence-corrected chi connectivity index (χ2v) is 3.64. The number of benzene rings is 1. The number of para-hydroxylation sites is 1. The minimum absolute atomic E-state index is 0.0115. The number of halogens is 2. The van der Waals surface area contributed by atoms with Crippen molar-refractivity contribution in [3.8, 4) is 5.75 Å². The third kappa shape index (κ3) is 3.18. The second-order valence-electron chi connectivity index (χ2n) is 3.64. The first-order valence-corrected chi connectivity index (χ1v) is 5.81. The molecule has 1 aromatic rings. The van der Waals surface area contributed by atoms with Gasteiger partial charge in [0.1, 0.15) is 5.75 Å². The predicted octanol–water partition coefficient (Wildman–Crippen LogP) is 3.13. The van der Waals surface area contributed by atoms with Crippen molar-refractivity contribution in [2.24, 2.45) is 0 Å². The molecule has 0 aliphatic carbocycles. The van der Waals surface area contributed by atoms with Gasteiger partial charge in [0.2, 0.25) is 0 Å². The zero-order chi connectivity index (χ0) is 13.6. The van der Waals surface area contributed by atoms with Crippen molar-refractivity contribution in [1.82, 2.24) is 0 Å². The van der Waals surface area contributed by atoms with E-state index in [-0.39, 0.29) is 12.4 Å². The van der Waals surface area contributed by atoms with Crippen LogP contribution in [0.1, 0.15) is 25.8 Å². The van der Waals surface area contributed by atoms with Gasteiger partial charge in [0.15, 0.2) is 0 Å². The van der Waals surface area contributed by atoms with Crippen LogP contribution < -0.4 is 4.74 Å². The van der Waals surface area contributed by atoms with Crippen molar-refractivity contribution < 1.29 is 23.0 Å². The molecular weight excluding hydrogens is 242 g/mol. The zero-order valence-electron chi connectivity index (χ0n) is 10.4. The Kier molecular flexibility index (Phi) is 5.07. The first kappa shape index (κ1) is 14.4. The molecule has 0 atom stereocenters. The molecule has 1 rings (SSSR count). The molecule has 0 radical (unpaired) electrons. The second kappa shape index (κ2) is 6.33. The molecule has 0 amide bonds. The Labute approximate surface area is 105 Å². The molecule has 0 N–H and O–H groups in total. The van der Waals surface area contributed by atoms with Crippen LogP contribution in [0.3, 0.4) is 0 Å². The number of ether oxygens (including phenoxy) is 2. The average Bonchev–Trinajstić information content (AvgIpc) is 2.37. The maximum Gasteiger partial charge on any atom is 0.382 e. The lowest BCUT2D eigenvalue weighted by molar-refractivity contribution is -0.173. The van der Waals surface area contributed by atoms with Gasteiger partial charge in [0, 0.05) is 0 Å².